The molecule has 5 heteroatoms. The summed E-state index contributed by atoms with van der Waals surface area (Å²) in [5.74, 6) is -0.558. The van der Waals surface area contributed by atoms with Crippen molar-refractivity contribution in [2.45, 2.75) is 13.3 Å². The van der Waals surface area contributed by atoms with E-state index in [9.17, 15) is 9.18 Å². The van der Waals surface area contributed by atoms with Gasteiger partial charge in [-0.2, -0.15) is 0 Å². The molecule has 20 heavy (non-hydrogen) atoms. The summed E-state index contributed by atoms with van der Waals surface area (Å²) in [6, 6.07) is 4.56. The van der Waals surface area contributed by atoms with Crippen molar-refractivity contribution in [3.05, 3.63) is 35.1 Å². The largest absolute Gasteiger partial charge is 0.379 e. The molecule has 1 aromatic rings. The number of morpholine rings is 1. The molecular formula is C15H21FN2O2. The van der Waals surface area contributed by atoms with Crippen LogP contribution in [0.1, 0.15) is 22.3 Å². The van der Waals surface area contributed by atoms with Gasteiger partial charge in [-0.25, -0.2) is 4.39 Å². The van der Waals surface area contributed by atoms with Crippen LogP contribution in [-0.2, 0) is 4.74 Å². The predicted octanol–water partition coefficient (Wildman–Crippen LogP) is 1.59. The lowest BCUT2D eigenvalue weighted by molar-refractivity contribution is 0.0374. The number of benzene rings is 1. The minimum absolute atomic E-state index is 0.217. The van der Waals surface area contributed by atoms with Crippen LogP contribution >= 0.6 is 0 Å². The molecule has 4 nitrogen and oxygen atoms in total. The second kappa shape index (κ2) is 7.36. The number of amides is 1. The van der Waals surface area contributed by atoms with E-state index in [0.717, 1.165) is 39.3 Å². The molecule has 1 fully saturated rings. The maximum Gasteiger partial charge on any atom is 0.251 e. The number of carbonyl (C=O) groups excluding carboxylic acids is 1. The summed E-state index contributed by atoms with van der Waals surface area (Å²) < 4.78 is 18.6. The standard InChI is InChI=1S/C15H21FN2O2/c1-12-3-4-13(11-14(12)16)15(19)17-5-2-6-18-7-9-20-10-8-18/h3-4,11H,2,5-10H2,1H3,(H,17,19). The van der Waals surface area contributed by atoms with E-state index in [1.807, 2.05) is 0 Å². The number of rotatable bonds is 5. The van der Waals surface area contributed by atoms with Gasteiger partial charge in [-0.05, 0) is 37.6 Å². The summed E-state index contributed by atoms with van der Waals surface area (Å²) in [5, 5.41) is 2.82. The highest BCUT2D eigenvalue weighted by Gasteiger charge is 2.10. The summed E-state index contributed by atoms with van der Waals surface area (Å²) in [7, 11) is 0. The molecule has 0 atom stereocenters. The number of nitrogens with zero attached hydrogens (tertiary/aromatic N) is 1. The lowest BCUT2D eigenvalue weighted by atomic mass is 10.1. The minimum Gasteiger partial charge on any atom is -0.379 e. The number of aryl methyl sites for hydroxylation is 1. The molecule has 1 aliphatic heterocycles. The van der Waals surface area contributed by atoms with Gasteiger partial charge in [0.2, 0.25) is 0 Å². The molecule has 0 radical (unpaired) electrons. The van der Waals surface area contributed by atoms with E-state index < -0.39 is 0 Å². The molecule has 1 amide bonds. The molecule has 0 saturated carbocycles. The van der Waals surface area contributed by atoms with Crippen LogP contribution in [0.2, 0.25) is 0 Å². The Bertz CT molecular complexity index is 459. The van der Waals surface area contributed by atoms with Crippen LogP contribution < -0.4 is 5.32 Å². The number of ether oxygens (including phenoxy) is 1. The fourth-order valence-corrected chi connectivity index (χ4v) is 2.17. The maximum absolute atomic E-state index is 13.4. The Balaban J connectivity index is 1.70. The molecule has 110 valence electrons. The summed E-state index contributed by atoms with van der Waals surface area (Å²) in [4.78, 5) is 14.2. The molecule has 0 unspecified atom stereocenters. The molecule has 1 saturated heterocycles. The molecular weight excluding hydrogens is 259 g/mol. The Morgan fingerprint density at radius 2 is 2.15 bits per heavy atom. The third kappa shape index (κ3) is 4.28. The lowest BCUT2D eigenvalue weighted by Crippen LogP contribution is -2.38. The van der Waals surface area contributed by atoms with E-state index in [-0.39, 0.29) is 11.7 Å². The SMILES string of the molecule is Cc1ccc(C(=O)NCCCN2CCOCC2)cc1F. The van der Waals surface area contributed by atoms with Crippen molar-refractivity contribution in [1.29, 1.82) is 0 Å². The zero-order chi connectivity index (χ0) is 14.4. The zero-order valence-electron chi connectivity index (χ0n) is 11.8. The maximum atomic E-state index is 13.4. The van der Waals surface area contributed by atoms with Gasteiger partial charge in [-0.3, -0.25) is 9.69 Å². The van der Waals surface area contributed by atoms with Crippen molar-refractivity contribution < 1.29 is 13.9 Å². The summed E-state index contributed by atoms with van der Waals surface area (Å²) in [6.45, 7) is 6.72. The van der Waals surface area contributed by atoms with E-state index in [1.54, 1.807) is 19.1 Å². The van der Waals surface area contributed by atoms with Crippen molar-refractivity contribution in [3.8, 4) is 0 Å². The van der Waals surface area contributed by atoms with E-state index in [1.165, 1.54) is 6.07 Å². The quantitative estimate of drug-likeness (QED) is 0.833. The fourth-order valence-electron chi connectivity index (χ4n) is 2.17. The van der Waals surface area contributed by atoms with E-state index in [0.29, 0.717) is 17.7 Å². The Hall–Kier alpha value is -1.46. The summed E-state index contributed by atoms with van der Waals surface area (Å²) in [6.07, 6.45) is 0.889. The third-order valence-corrected chi connectivity index (χ3v) is 3.47. The summed E-state index contributed by atoms with van der Waals surface area (Å²) in [5.41, 5.74) is 0.924. The molecule has 0 bridgehead atoms. The third-order valence-electron chi connectivity index (χ3n) is 3.47. The van der Waals surface area contributed by atoms with Crippen LogP contribution in [0.3, 0.4) is 0 Å². The van der Waals surface area contributed by atoms with Crippen molar-refractivity contribution in [1.82, 2.24) is 10.2 Å². The Kier molecular flexibility index (Phi) is 5.49. The highest BCUT2D eigenvalue weighted by atomic mass is 19.1. The van der Waals surface area contributed by atoms with Gasteiger partial charge in [0.1, 0.15) is 5.82 Å². The number of carbonyl (C=O) groups is 1. The molecule has 1 aromatic carbocycles. The number of halogens is 1. The number of nitrogens with one attached hydrogen (secondary N) is 1. The van der Waals surface area contributed by atoms with Crippen LogP contribution in [0.15, 0.2) is 18.2 Å². The van der Waals surface area contributed by atoms with E-state index in [2.05, 4.69) is 10.2 Å². The fraction of sp³-hybridized carbons (Fsp3) is 0.533. The van der Waals surface area contributed by atoms with Gasteiger partial charge < -0.3 is 10.1 Å². The van der Waals surface area contributed by atoms with E-state index in [4.69, 9.17) is 4.74 Å². The average molecular weight is 280 g/mol. The second-order valence-electron chi connectivity index (χ2n) is 5.03. The molecule has 1 aliphatic rings. The number of hydrogen-bond acceptors (Lipinski definition) is 3. The van der Waals surface area contributed by atoms with Crippen LogP contribution in [0.4, 0.5) is 4.39 Å². The molecule has 2 rings (SSSR count). The molecule has 1 N–H and O–H groups in total. The first kappa shape index (κ1) is 14.9. The Labute approximate surface area is 118 Å². The van der Waals surface area contributed by atoms with Crippen LogP contribution in [0.25, 0.3) is 0 Å². The van der Waals surface area contributed by atoms with Crippen LogP contribution in [-0.4, -0.2) is 50.2 Å². The van der Waals surface area contributed by atoms with E-state index >= 15 is 0 Å². The minimum atomic E-state index is -0.342. The highest BCUT2D eigenvalue weighted by molar-refractivity contribution is 5.94. The van der Waals surface area contributed by atoms with Crippen molar-refractivity contribution in [3.63, 3.8) is 0 Å². The first-order valence-corrected chi connectivity index (χ1v) is 7.01. The normalized spacial score (nSPS) is 16.1. The molecule has 0 aromatic heterocycles. The molecule has 1 heterocycles. The van der Waals surface area contributed by atoms with Gasteiger partial charge in [0, 0.05) is 25.2 Å². The lowest BCUT2D eigenvalue weighted by Gasteiger charge is -2.26. The molecule has 0 spiro atoms. The number of hydrogen-bond donors (Lipinski definition) is 1. The van der Waals surface area contributed by atoms with Gasteiger partial charge in [0.25, 0.3) is 5.91 Å². The van der Waals surface area contributed by atoms with Crippen LogP contribution in [0, 0.1) is 12.7 Å². The second-order valence-corrected chi connectivity index (χ2v) is 5.03. The summed E-state index contributed by atoms with van der Waals surface area (Å²) >= 11 is 0. The van der Waals surface area contributed by atoms with Crippen molar-refractivity contribution in [2.75, 3.05) is 39.4 Å². The van der Waals surface area contributed by atoms with Gasteiger partial charge >= 0.3 is 0 Å². The van der Waals surface area contributed by atoms with Gasteiger partial charge in [0.05, 0.1) is 13.2 Å². The van der Waals surface area contributed by atoms with Gasteiger partial charge in [-0.1, -0.05) is 6.07 Å². The Morgan fingerprint density at radius 1 is 1.40 bits per heavy atom. The van der Waals surface area contributed by atoms with Crippen molar-refractivity contribution >= 4 is 5.91 Å². The highest BCUT2D eigenvalue weighted by Crippen LogP contribution is 2.09. The van der Waals surface area contributed by atoms with Gasteiger partial charge in [-0.15, -0.1) is 0 Å². The topological polar surface area (TPSA) is 41.6 Å². The predicted molar refractivity (Wildman–Crippen MR) is 75.3 cm³/mol. The average Bonchev–Trinajstić information content (AvgIpc) is 2.47. The zero-order valence-corrected chi connectivity index (χ0v) is 11.8. The van der Waals surface area contributed by atoms with Crippen molar-refractivity contribution in [2.24, 2.45) is 0 Å². The monoisotopic (exact) mass is 280 g/mol. The van der Waals surface area contributed by atoms with Gasteiger partial charge in [0.15, 0.2) is 0 Å². The first-order chi connectivity index (χ1) is 9.66. The van der Waals surface area contributed by atoms with Crippen LogP contribution in [0.5, 0.6) is 0 Å². The smallest absolute Gasteiger partial charge is 0.251 e. The Morgan fingerprint density at radius 3 is 2.85 bits per heavy atom. The molecule has 0 aliphatic carbocycles. The first-order valence-electron chi connectivity index (χ1n) is 7.01.